The number of anilines is 1. The monoisotopic (exact) mass is 462 g/mol. The van der Waals surface area contributed by atoms with E-state index in [1.165, 1.54) is 0 Å². The zero-order valence-corrected chi connectivity index (χ0v) is 18.4. The summed E-state index contributed by atoms with van der Waals surface area (Å²) in [7, 11) is 0. The summed E-state index contributed by atoms with van der Waals surface area (Å²) in [6, 6.07) is 18.4. The normalized spacial score (nSPS) is 12.9. The van der Waals surface area contributed by atoms with E-state index in [1.54, 1.807) is 6.92 Å². The Hall–Kier alpha value is -4.20. The number of carbonyl (C=O) groups is 3. The summed E-state index contributed by atoms with van der Waals surface area (Å²) in [5.41, 5.74) is 4.05. The molecule has 0 saturated heterocycles. The Bertz CT molecular complexity index is 1210. The molecule has 0 spiro atoms. The van der Waals surface area contributed by atoms with E-state index < -0.39 is 29.8 Å². The van der Waals surface area contributed by atoms with Gasteiger partial charge in [-0.15, -0.1) is 0 Å². The molecule has 0 saturated carbocycles. The van der Waals surface area contributed by atoms with Crippen LogP contribution < -0.4 is 10.6 Å². The van der Waals surface area contributed by atoms with Crippen LogP contribution in [0.3, 0.4) is 0 Å². The molecule has 0 aromatic heterocycles. The zero-order chi connectivity index (χ0) is 24.2. The molecule has 8 heteroatoms. The number of carbonyl (C=O) groups excluding carboxylic acids is 2. The van der Waals surface area contributed by atoms with Crippen molar-refractivity contribution in [3.05, 3.63) is 89.2 Å². The van der Waals surface area contributed by atoms with E-state index in [9.17, 15) is 23.9 Å². The van der Waals surface area contributed by atoms with Crippen LogP contribution in [0.2, 0.25) is 0 Å². The molecule has 34 heavy (non-hydrogen) atoms. The Morgan fingerprint density at radius 2 is 1.62 bits per heavy atom. The van der Waals surface area contributed by atoms with Crippen LogP contribution in [0.1, 0.15) is 40.7 Å². The minimum atomic E-state index is -1.29. The van der Waals surface area contributed by atoms with E-state index in [2.05, 4.69) is 10.6 Å². The zero-order valence-electron chi connectivity index (χ0n) is 18.4. The predicted molar refractivity (Wildman–Crippen MR) is 124 cm³/mol. The lowest BCUT2D eigenvalue weighted by Crippen LogP contribution is -2.36. The number of hydrogen-bond donors (Lipinski definition) is 3. The number of rotatable bonds is 7. The molecule has 1 atom stereocenters. The maximum Gasteiger partial charge on any atom is 0.407 e. The molecule has 3 aromatic rings. The minimum absolute atomic E-state index is 0.0841. The summed E-state index contributed by atoms with van der Waals surface area (Å²) in [5.74, 6) is -2.62. The van der Waals surface area contributed by atoms with Gasteiger partial charge < -0.3 is 20.5 Å². The number of hydrogen-bond acceptors (Lipinski definition) is 4. The maximum atomic E-state index is 13.5. The maximum absolute atomic E-state index is 13.5. The van der Waals surface area contributed by atoms with E-state index in [1.807, 2.05) is 48.5 Å². The lowest BCUT2D eigenvalue weighted by atomic mass is 9.98. The van der Waals surface area contributed by atoms with Crippen molar-refractivity contribution in [2.75, 3.05) is 11.9 Å². The number of halogens is 1. The van der Waals surface area contributed by atoms with Gasteiger partial charge in [0, 0.05) is 18.4 Å². The fourth-order valence-corrected chi connectivity index (χ4v) is 4.18. The third-order valence-electron chi connectivity index (χ3n) is 5.69. The SMILES string of the molecule is C[C@@H](CC(=O)Nc1cc(F)ccc1C(=O)O)NC(=O)OCC1c2ccccc2-c2ccccc21. The van der Waals surface area contributed by atoms with Crippen molar-refractivity contribution in [1.82, 2.24) is 5.32 Å². The molecule has 0 fully saturated rings. The lowest BCUT2D eigenvalue weighted by Gasteiger charge is -2.17. The molecular weight excluding hydrogens is 439 g/mol. The van der Waals surface area contributed by atoms with Crippen molar-refractivity contribution in [2.24, 2.45) is 0 Å². The highest BCUT2D eigenvalue weighted by atomic mass is 19.1. The van der Waals surface area contributed by atoms with Crippen molar-refractivity contribution in [3.63, 3.8) is 0 Å². The average Bonchev–Trinajstić information content (AvgIpc) is 3.11. The minimum Gasteiger partial charge on any atom is -0.478 e. The van der Waals surface area contributed by atoms with Crippen LogP contribution in [0.25, 0.3) is 11.1 Å². The number of nitrogens with one attached hydrogen (secondary N) is 2. The molecule has 0 unspecified atom stereocenters. The molecule has 0 heterocycles. The topological polar surface area (TPSA) is 105 Å². The van der Waals surface area contributed by atoms with Crippen molar-refractivity contribution in [1.29, 1.82) is 0 Å². The molecule has 1 aliphatic carbocycles. The van der Waals surface area contributed by atoms with Gasteiger partial charge in [-0.3, -0.25) is 4.79 Å². The first-order valence-electron chi connectivity index (χ1n) is 10.8. The molecule has 7 nitrogen and oxygen atoms in total. The lowest BCUT2D eigenvalue weighted by molar-refractivity contribution is -0.116. The van der Waals surface area contributed by atoms with E-state index in [4.69, 9.17) is 4.74 Å². The van der Waals surface area contributed by atoms with Crippen molar-refractivity contribution in [2.45, 2.75) is 25.3 Å². The molecule has 0 radical (unpaired) electrons. The number of alkyl carbamates (subject to hydrolysis) is 1. The Morgan fingerprint density at radius 3 is 2.24 bits per heavy atom. The second-order valence-corrected chi connectivity index (χ2v) is 8.12. The molecule has 0 bridgehead atoms. The van der Waals surface area contributed by atoms with Gasteiger partial charge in [-0.05, 0) is 47.4 Å². The summed E-state index contributed by atoms with van der Waals surface area (Å²) in [5, 5.41) is 14.2. The van der Waals surface area contributed by atoms with Crippen LogP contribution in [-0.2, 0) is 9.53 Å². The number of amides is 2. The highest BCUT2D eigenvalue weighted by molar-refractivity contribution is 6.00. The fourth-order valence-electron chi connectivity index (χ4n) is 4.18. The van der Waals surface area contributed by atoms with E-state index >= 15 is 0 Å². The first-order chi connectivity index (χ1) is 16.3. The van der Waals surface area contributed by atoms with Gasteiger partial charge in [-0.25, -0.2) is 14.0 Å². The van der Waals surface area contributed by atoms with Crippen LogP contribution >= 0.6 is 0 Å². The van der Waals surface area contributed by atoms with Crippen LogP contribution in [0.15, 0.2) is 66.7 Å². The number of carboxylic acid groups (broad SMARTS) is 1. The van der Waals surface area contributed by atoms with Gasteiger partial charge in [0.25, 0.3) is 0 Å². The second kappa shape index (κ2) is 9.74. The molecule has 4 rings (SSSR count). The van der Waals surface area contributed by atoms with Crippen molar-refractivity contribution >= 4 is 23.7 Å². The highest BCUT2D eigenvalue weighted by Crippen LogP contribution is 2.44. The van der Waals surface area contributed by atoms with Crippen molar-refractivity contribution < 1.29 is 28.6 Å². The van der Waals surface area contributed by atoms with Gasteiger partial charge in [0.15, 0.2) is 0 Å². The molecule has 1 aliphatic rings. The Morgan fingerprint density at radius 1 is 1.00 bits per heavy atom. The van der Waals surface area contributed by atoms with Crippen LogP contribution in [0.4, 0.5) is 14.9 Å². The van der Waals surface area contributed by atoms with Crippen molar-refractivity contribution in [3.8, 4) is 11.1 Å². The number of aromatic carboxylic acids is 1. The first-order valence-corrected chi connectivity index (χ1v) is 10.8. The summed E-state index contributed by atoms with van der Waals surface area (Å²) < 4.78 is 18.9. The Balaban J connectivity index is 1.33. The van der Waals surface area contributed by atoms with Gasteiger partial charge in [0.2, 0.25) is 5.91 Å². The third-order valence-corrected chi connectivity index (χ3v) is 5.69. The third kappa shape index (κ3) is 4.91. The van der Waals surface area contributed by atoms with Crippen LogP contribution in [0, 0.1) is 5.82 Å². The first kappa shape index (κ1) is 23.0. The van der Waals surface area contributed by atoms with Crippen LogP contribution in [-0.4, -0.2) is 35.7 Å². The van der Waals surface area contributed by atoms with Gasteiger partial charge in [-0.1, -0.05) is 48.5 Å². The molecule has 0 aliphatic heterocycles. The number of benzene rings is 3. The molecule has 2 amide bonds. The van der Waals surface area contributed by atoms with E-state index in [0.29, 0.717) is 0 Å². The standard InChI is InChI=1S/C26H23FN2O5/c1-15(12-24(30)29-23-13-16(27)10-11-21(23)25(31)32)28-26(33)34-14-22-19-8-4-2-6-17(19)18-7-3-5-9-20(18)22/h2-11,13,15,22H,12,14H2,1H3,(H,28,33)(H,29,30)(H,31,32)/t15-/m0/s1. The fraction of sp³-hybridized carbons (Fsp3) is 0.192. The summed E-state index contributed by atoms with van der Waals surface area (Å²) in [4.78, 5) is 36.0. The van der Waals surface area contributed by atoms with Gasteiger partial charge >= 0.3 is 12.1 Å². The highest BCUT2D eigenvalue weighted by Gasteiger charge is 2.29. The largest absolute Gasteiger partial charge is 0.478 e. The second-order valence-electron chi connectivity index (χ2n) is 8.12. The summed E-state index contributed by atoms with van der Waals surface area (Å²) in [6.07, 6.45) is -0.820. The van der Waals surface area contributed by atoms with Gasteiger partial charge in [0.1, 0.15) is 12.4 Å². The summed E-state index contributed by atoms with van der Waals surface area (Å²) in [6.45, 7) is 1.76. The Labute approximate surface area is 195 Å². The number of fused-ring (bicyclic) bond motifs is 3. The Kier molecular flexibility index (Phi) is 6.58. The molecule has 3 N–H and O–H groups in total. The van der Waals surface area contributed by atoms with E-state index in [0.717, 1.165) is 40.5 Å². The van der Waals surface area contributed by atoms with Crippen LogP contribution in [0.5, 0.6) is 0 Å². The predicted octanol–water partition coefficient (Wildman–Crippen LogP) is 4.78. The summed E-state index contributed by atoms with van der Waals surface area (Å²) >= 11 is 0. The van der Waals surface area contributed by atoms with Gasteiger partial charge in [-0.2, -0.15) is 0 Å². The number of carboxylic acids is 1. The smallest absolute Gasteiger partial charge is 0.407 e. The molecule has 174 valence electrons. The van der Waals surface area contributed by atoms with Gasteiger partial charge in [0.05, 0.1) is 11.3 Å². The molecule has 3 aromatic carbocycles. The average molecular weight is 462 g/mol. The number of ether oxygens (including phenoxy) is 1. The van der Waals surface area contributed by atoms with E-state index in [-0.39, 0.29) is 30.2 Å². The quantitative estimate of drug-likeness (QED) is 0.469. The molecular formula is C26H23FN2O5.